The van der Waals surface area contributed by atoms with Gasteiger partial charge in [-0.25, -0.2) is 13.2 Å². The molecule has 196 valence electrons. The first kappa shape index (κ1) is 26.9. The molecule has 8 nitrogen and oxygen atoms in total. The second-order valence-corrected chi connectivity index (χ2v) is 11.7. The Hall–Kier alpha value is -3.14. The molecule has 2 unspecified atom stereocenters. The fourth-order valence-electron chi connectivity index (χ4n) is 4.37. The molecule has 2 heterocycles. The molecule has 0 saturated carbocycles. The maximum atomic E-state index is 13.7. The first-order chi connectivity index (χ1) is 17.6. The summed E-state index contributed by atoms with van der Waals surface area (Å²) in [6, 6.07) is 17.3. The first-order valence-corrected chi connectivity index (χ1v) is 14.2. The molecule has 0 aliphatic carbocycles. The number of nitrogens with one attached hydrogen (secondary N) is 1. The predicted octanol–water partition coefficient (Wildman–Crippen LogP) is 4.85. The van der Waals surface area contributed by atoms with Crippen LogP contribution < -0.4 is 5.32 Å². The van der Waals surface area contributed by atoms with Gasteiger partial charge in [-0.15, -0.1) is 0 Å². The summed E-state index contributed by atoms with van der Waals surface area (Å²) in [5.74, 6) is 0.587. The zero-order valence-corrected chi connectivity index (χ0v) is 22.2. The number of amides is 1. The fraction of sp³-hybridized carbons (Fsp3) is 0.333. The molecule has 1 amide bonds. The van der Waals surface area contributed by atoms with Crippen molar-refractivity contribution in [1.82, 2.24) is 10.2 Å². The van der Waals surface area contributed by atoms with E-state index in [4.69, 9.17) is 20.8 Å². The number of hydrogen-bond donors (Lipinski definition) is 1. The van der Waals surface area contributed by atoms with Gasteiger partial charge >= 0.3 is 6.09 Å². The van der Waals surface area contributed by atoms with Gasteiger partial charge in [-0.05, 0) is 44.5 Å². The highest BCUT2D eigenvalue weighted by Crippen LogP contribution is 2.28. The summed E-state index contributed by atoms with van der Waals surface area (Å²) in [4.78, 5) is 27.9. The van der Waals surface area contributed by atoms with Crippen molar-refractivity contribution in [2.24, 2.45) is 0 Å². The molecule has 0 bridgehead atoms. The van der Waals surface area contributed by atoms with Gasteiger partial charge in [0.05, 0.1) is 24.7 Å². The van der Waals surface area contributed by atoms with Gasteiger partial charge in [0.25, 0.3) is 0 Å². The Kier molecular flexibility index (Phi) is 8.36. The Morgan fingerprint density at radius 3 is 2.57 bits per heavy atom. The Morgan fingerprint density at radius 1 is 1.16 bits per heavy atom. The van der Waals surface area contributed by atoms with Crippen molar-refractivity contribution in [2.45, 2.75) is 39.0 Å². The quantitative estimate of drug-likeness (QED) is 0.303. The van der Waals surface area contributed by atoms with E-state index in [9.17, 15) is 18.0 Å². The molecule has 1 aliphatic heterocycles. The van der Waals surface area contributed by atoms with Crippen LogP contribution in [0.15, 0.2) is 65.1 Å². The van der Waals surface area contributed by atoms with E-state index in [1.54, 1.807) is 48.2 Å². The van der Waals surface area contributed by atoms with Gasteiger partial charge in [0.15, 0.2) is 21.8 Å². The molecular weight excluding hydrogens is 516 g/mol. The third kappa shape index (κ3) is 6.80. The minimum atomic E-state index is -3.29. The number of nitrogens with zero attached hydrogens (tertiary/aromatic N) is 1. The lowest BCUT2D eigenvalue weighted by atomic mass is 10.0. The normalized spacial score (nSPS) is 17.5. The molecule has 1 N–H and O–H groups in total. The molecular formula is C27H29ClN2O6S. The van der Waals surface area contributed by atoms with E-state index >= 15 is 0 Å². The zero-order chi connectivity index (χ0) is 26.6. The van der Waals surface area contributed by atoms with Crippen molar-refractivity contribution in [2.75, 3.05) is 18.1 Å². The minimum absolute atomic E-state index is 0.00490. The van der Waals surface area contributed by atoms with Crippen LogP contribution in [0, 0.1) is 6.92 Å². The highest BCUT2D eigenvalue weighted by molar-refractivity contribution is 7.91. The van der Waals surface area contributed by atoms with E-state index in [1.165, 1.54) is 0 Å². The van der Waals surface area contributed by atoms with Gasteiger partial charge in [0.2, 0.25) is 0 Å². The number of halogens is 1. The maximum absolute atomic E-state index is 13.7. The molecule has 0 radical (unpaired) electrons. The smallest absolute Gasteiger partial charge is 0.408 e. The average molecular weight is 545 g/mol. The molecule has 1 aliphatic rings. The molecule has 1 saturated heterocycles. The van der Waals surface area contributed by atoms with Gasteiger partial charge in [-0.1, -0.05) is 53.6 Å². The van der Waals surface area contributed by atoms with E-state index < -0.39 is 28.1 Å². The molecule has 37 heavy (non-hydrogen) atoms. The van der Waals surface area contributed by atoms with Crippen LogP contribution in [-0.4, -0.2) is 55.5 Å². The van der Waals surface area contributed by atoms with Crippen LogP contribution in [0.2, 0.25) is 5.02 Å². The number of carbonyl (C=O) groups is 2. The fourth-order valence-corrected chi connectivity index (χ4v) is 6.30. The van der Waals surface area contributed by atoms with Crippen molar-refractivity contribution < 1.29 is 27.2 Å². The number of furan rings is 1. The van der Waals surface area contributed by atoms with E-state index in [1.807, 2.05) is 31.2 Å². The number of benzene rings is 2. The van der Waals surface area contributed by atoms with Crippen LogP contribution >= 0.6 is 11.6 Å². The van der Waals surface area contributed by atoms with Gasteiger partial charge in [0, 0.05) is 22.2 Å². The maximum Gasteiger partial charge on any atom is 0.408 e. The summed E-state index contributed by atoms with van der Waals surface area (Å²) in [5, 5.41) is 3.23. The number of rotatable bonds is 9. The van der Waals surface area contributed by atoms with Crippen molar-refractivity contribution in [3.63, 3.8) is 0 Å². The summed E-state index contributed by atoms with van der Waals surface area (Å²) in [5.41, 5.74) is 2.15. The molecule has 0 spiro atoms. The lowest BCUT2D eigenvalue weighted by Crippen LogP contribution is -2.56. The zero-order valence-electron chi connectivity index (χ0n) is 20.6. The number of ketones is 1. The molecule has 3 aromatic rings. The van der Waals surface area contributed by atoms with E-state index in [2.05, 4.69) is 5.32 Å². The third-order valence-corrected chi connectivity index (χ3v) is 8.22. The van der Waals surface area contributed by atoms with Gasteiger partial charge in [-0.2, -0.15) is 0 Å². The highest BCUT2D eigenvalue weighted by atomic mass is 35.5. The highest BCUT2D eigenvalue weighted by Gasteiger charge is 2.40. The number of hydrogen-bond acceptors (Lipinski definition) is 7. The standard InChI is InChI=1S/C27H29ClN2O6S/c1-3-35-27(32)29-26(25(31)19-9-7-18(2)8-10-19)30(22-13-14-37(33,34)17-22)16-23-11-12-24(36-23)20-5-4-6-21(28)15-20/h4-12,15,22,26H,3,13-14,16-17H2,1-2H3,(H,29,32). The van der Waals surface area contributed by atoms with E-state index in [-0.39, 0.29) is 30.4 Å². The number of carbonyl (C=O) groups excluding carboxylic acids is 2. The third-order valence-electron chi connectivity index (χ3n) is 6.23. The SMILES string of the molecule is CCOC(=O)NC(C(=O)c1ccc(C)cc1)N(Cc1ccc(-c2cccc(Cl)c2)o1)C1CCS(=O)(=O)C1. The second kappa shape index (κ2) is 11.5. The number of sulfone groups is 1. The topological polar surface area (TPSA) is 106 Å². The van der Waals surface area contributed by atoms with Gasteiger partial charge in [-0.3, -0.25) is 15.0 Å². The summed E-state index contributed by atoms with van der Waals surface area (Å²) in [7, 11) is -3.29. The van der Waals surface area contributed by atoms with E-state index in [0.717, 1.165) is 11.1 Å². The number of ether oxygens (including phenoxy) is 1. The number of aryl methyl sites for hydroxylation is 1. The summed E-state index contributed by atoms with van der Waals surface area (Å²) in [6.07, 6.45) is -1.61. The van der Waals surface area contributed by atoms with Gasteiger partial charge < -0.3 is 9.15 Å². The van der Waals surface area contributed by atoms with Gasteiger partial charge in [0.1, 0.15) is 11.5 Å². The summed E-state index contributed by atoms with van der Waals surface area (Å²) < 4.78 is 35.9. The van der Waals surface area contributed by atoms with Crippen molar-refractivity contribution in [1.29, 1.82) is 0 Å². The molecule has 2 atom stereocenters. The number of Topliss-reactive ketones (excluding diaryl/α,β-unsaturated/α-hetero) is 1. The lowest BCUT2D eigenvalue weighted by Gasteiger charge is -2.34. The molecule has 2 aromatic carbocycles. The minimum Gasteiger partial charge on any atom is -0.460 e. The molecule has 10 heteroatoms. The van der Waals surface area contributed by atoms with Crippen molar-refractivity contribution in [3.05, 3.63) is 82.6 Å². The lowest BCUT2D eigenvalue weighted by molar-refractivity contribution is 0.0598. The Labute approximate surface area is 221 Å². The van der Waals surface area contributed by atoms with Crippen molar-refractivity contribution >= 4 is 33.3 Å². The van der Waals surface area contributed by atoms with Crippen LogP contribution in [0.25, 0.3) is 11.3 Å². The molecule has 1 fully saturated rings. The largest absolute Gasteiger partial charge is 0.460 e. The van der Waals surface area contributed by atoms with Crippen LogP contribution in [0.3, 0.4) is 0 Å². The first-order valence-electron chi connectivity index (χ1n) is 12.0. The van der Waals surface area contributed by atoms with Crippen LogP contribution in [0.5, 0.6) is 0 Å². The average Bonchev–Trinajstić information content (AvgIpc) is 3.47. The number of alkyl carbamates (subject to hydrolysis) is 1. The van der Waals surface area contributed by atoms with E-state index in [0.29, 0.717) is 28.5 Å². The molecule has 1 aromatic heterocycles. The monoisotopic (exact) mass is 544 g/mol. The summed E-state index contributed by atoms with van der Waals surface area (Å²) >= 11 is 6.12. The van der Waals surface area contributed by atoms with Crippen LogP contribution in [-0.2, 0) is 21.1 Å². The second-order valence-electron chi connectivity index (χ2n) is 9.00. The predicted molar refractivity (Wildman–Crippen MR) is 141 cm³/mol. The Morgan fingerprint density at radius 2 is 1.92 bits per heavy atom. The molecule has 4 rings (SSSR count). The Bertz CT molecular complexity index is 1370. The summed E-state index contributed by atoms with van der Waals surface area (Å²) in [6.45, 7) is 3.79. The Balaban J connectivity index is 1.70. The van der Waals surface area contributed by atoms with Crippen LogP contribution in [0.1, 0.15) is 35.0 Å². The van der Waals surface area contributed by atoms with Crippen molar-refractivity contribution in [3.8, 4) is 11.3 Å². The van der Waals surface area contributed by atoms with Crippen LogP contribution in [0.4, 0.5) is 4.79 Å².